The molecule has 0 aliphatic heterocycles. The molecule has 1 unspecified atom stereocenters. The molecule has 124 valence electrons. The molecule has 2 aromatic heterocycles. The van der Waals surface area contributed by atoms with Crippen molar-refractivity contribution >= 4 is 21.9 Å². The van der Waals surface area contributed by atoms with E-state index in [2.05, 4.69) is 47.3 Å². The molecule has 4 aromatic rings. The summed E-state index contributed by atoms with van der Waals surface area (Å²) >= 11 is 0. The second-order valence-electron chi connectivity index (χ2n) is 6.38. The van der Waals surface area contributed by atoms with Crippen LogP contribution in [0.1, 0.15) is 34.1 Å². The summed E-state index contributed by atoms with van der Waals surface area (Å²) < 4.78 is 0. The SMILES string of the molecule is CNC(c1nc2ccc(C#N)cc2[nH]1)c1c(C)cc(C)c2[nH]ccc12. The standard InChI is InChI=1S/C20H19N5/c1-11-8-12(2)18-14(6-7-23-18)17(11)19(22-3)20-24-15-5-4-13(10-21)9-16(15)25-20/h4-9,19,22-23H,1-3H3,(H,24,25). The molecule has 2 aromatic carbocycles. The topological polar surface area (TPSA) is 80.3 Å². The maximum Gasteiger partial charge on any atom is 0.129 e. The van der Waals surface area contributed by atoms with E-state index in [4.69, 9.17) is 10.2 Å². The van der Waals surface area contributed by atoms with Crippen molar-refractivity contribution in [2.45, 2.75) is 19.9 Å². The summed E-state index contributed by atoms with van der Waals surface area (Å²) in [5.41, 5.74) is 7.20. The molecule has 5 heteroatoms. The van der Waals surface area contributed by atoms with Crippen LogP contribution in [0.4, 0.5) is 0 Å². The molecule has 3 N–H and O–H groups in total. The lowest BCUT2D eigenvalue weighted by Crippen LogP contribution is -2.20. The molecule has 0 aliphatic rings. The molecule has 0 saturated heterocycles. The second-order valence-corrected chi connectivity index (χ2v) is 6.38. The fraction of sp³-hybridized carbons (Fsp3) is 0.200. The van der Waals surface area contributed by atoms with Crippen molar-refractivity contribution in [3.8, 4) is 6.07 Å². The van der Waals surface area contributed by atoms with Crippen LogP contribution in [-0.4, -0.2) is 22.0 Å². The van der Waals surface area contributed by atoms with Crippen molar-refractivity contribution in [2.75, 3.05) is 7.05 Å². The predicted molar refractivity (Wildman–Crippen MR) is 99.5 cm³/mol. The molecular weight excluding hydrogens is 310 g/mol. The monoisotopic (exact) mass is 329 g/mol. The Morgan fingerprint density at radius 3 is 2.76 bits per heavy atom. The van der Waals surface area contributed by atoms with Gasteiger partial charge in [-0.15, -0.1) is 0 Å². The van der Waals surface area contributed by atoms with E-state index in [0.29, 0.717) is 5.56 Å². The van der Waals surface area contributed by atoms with Crippen LogP contribution in [0.5, 0.6) is 0 Å². The summed E-state index contributed by atoms with van der Waals surface area (Å²) in [4.78, 5) is 11.5. The summed E-state index contributed by atoms with van der Waals surface area (Å²) in [6, 6.07) is 12.0. The third-order valence-electron chi connectivity index (χ3n) is 4.77. The highest BCUT2D eigenvalue weighted by atomic mass is 15.0. The number of benzene rings is 2. The Labute approximate surface area is 145 Å². The van der Waals surface area contributed by atoms with Crippen LogP contribution in [0, 0.1) is 25.2 Å². The second kappa shape index (κ2) is 5.76. The summed E-state index contributed by atoms with van der Waals surface area (Å²) in [6.07, 6.45) is 1.98. The average molecular weight is 329 g/mol. The highest BCUT2D eigenvalue weighted by Gasteiger charge is 2.22. The van der Waals surface area contributed by atoms with Crippen molar-refractivity contribution in [2.24, 2.45) is 0 Å². The van der Waals surface area contributed by atoms with Gasteiger partial charge in [-0.2, -0.15) is 5.26 Å². The van der Waals surface area contributed by atoms with Crippen molar-refractivity contribution in [1.29, 1.82) is 5.26 Å². The van der Waals surface area contributed by atoms with Crippen molar-refractivity contribution in [3.63, 3.8) is 0 Å². The van der Waals surface area contributed by atoms with E-state index >= 15 is 0 Å². The van der Waals surface area contributed by atoms with Crippen LogP contribution >= 0.6 is 0 Å². The molecule has 0 amide bonds. The minimum atomic E-state index is -0.0585. The van der Waals surface area contributed by atoms with Crippen LogP contribution in [0.25, 0.3) is 21.9 Å². The van der Waals surface area contributed by atoms with Gasteiger partial charge in [0.05, 0.1) is 28.7 Å². The van der Waals surface area contributed by atoms with E-state index in [1.165, 1.54) is 22.1 Å². The molecule has 0 saturated carbocycles. The molecular formula is C20H19N5. The van der Waals surface area contributed by atoms with Crippen LogP contribution < -0.4 is 5.32 Å². The van der Waals surface area contributed by atoms with Crippen LogP contribution in [-0.2, 0) is 0 Å². The zero-order valence-electron chi connectivity index (χ0n) is 14.4. The number of nitriles is 1. The summed E-state index contributed by atoms with van der Waals surface area (Å²) in [5, 5.41) is 13.7. The Kier molecular flexibility index (Phi) is 3.56. The normalized spacial score (nSPS) is 12.6. The highest BCUT2D eigenvalue weighted by molar-refractivity contribution is 5.88. The van der Waals surface area contributed by atoms with Gasteiger partial charge in [-0.3, -0.25) is 0 Å². The van der Waals surface area contributed by atoms with E-state index in [9.17, 15) is 0 Å². The number of hydrogen-bond donors (Lipinski definition) is 3. The molecule has 2 heterocycles. The van der Waals surface area contributed by atoms with Crippen molar-refractivity contribution < 1.29 is 0 Å². The number of hydrogen-bond acceptors (Lipinski definition) is 3. The lowest BCUT2D eigenvalue weighted by atomic mass is 9.94. The number of nitrogens with zero attached hydrogens (tertiary/aromatic N) is 2. The summed E-state index contributed by atoms with van der Waals surface area (Å²) in [6.45, 7) is 4.25. The first-order chi connectivity index (χ1) is 12.1. The van der Waals surface area contributed by atoms with Gasteiger partial charge in [-0.25, -0.2) is 4.98 Å². The molecule has 1 atom stereocenters. The molecule has 0 aliphatic carbocycles. The molecule has 0 fully saturated rings. The zero-order chi connectivity index (χ0) is 17.6. The molecule has 5 nitrogen and oxygen atoms in total. The molecule has 4 rings (SSSR count). The average Bonchev–Trinajstić information content (AvgIpc) is 3.24. The van der Waals surface area contributed by atoms with Crippen LogP contribution in [0.3, 0.4) is 0 Å². The summed E-state index contributed by atoms with van der Waals surface area (Å²) in [7, 11) is 1.94. The first kappa shape index (κ1) is 15.4. The third kappa shape index (κ3) is 2.39. The van der Waals surface area contributed by atoms with E-state index in [0.717, 1.165) is 22.4 Å². The van der Waals surface area contributed by atoms with Gasteiger partial charge < -0.3 is 15.3 Å². The number of aromatic nitrogens is 3. The molecule has 0 radical (unpaired) electrons. The Balaban J connectivity index is 1.92. The molecule has 0 bridgehead atoms. The quantitative estimate of drug-likeness (QED) is 0.534. The van der Waals surface area contributed by atoms with Crippen molar-refractivity contribution in [1.82, 2.24) is 20.3 Å². The largest absolute Gasteiger partial charge is 0.361 e. The van der Waals surface area contributed by atoms with Crippen LogP contribution in [0.2, 0.25) is 0 Å². The summed E-state index contributed by atoms with van der Waals surface area (Å²) in [5.74, 6) is 0.849. The number of aromatic amines is 2. The van der Waals surface area contributed by atoms with Gasteiger partial charge in [0.25, 0.3) is 0 Å². The Morgan fingerprint density at radius 2 is 2.00 bits per heavy atom. The number of rotatable bonds is 3. The number of fused-ring (bicyclic) bond motifs is 2. The molecule has 25 heavy (non-hydrogen) atoms. The Bertz CT molecular complexity index is 1130. The van der Waals surface area contributed by atoms with Gasteiger partial charge in [0.1, 0.15) is 5.82 Å². The van der Waals surface area contributed by atoms with E-state index in [1.807, 2.05) is 25.4 Å². The van der Waals surface area contributed by atoms with E-state index in [1.54, 1.807) is 6.07 Å². The Hall–Kier alpha value is -3.10. The number of H-pyrrole nitrogens is 2. The zero-order valence-corrected chi connectivity index (χ0v) is 14.4. The minimum Gasteiger partial charge on any atom is -0.361 e. The van der Waals surface area contributed by atoms with Gasteiger partial charge >= 0.3 is 0 Å². The lowest BCUT2D eigenvalue weighted by molar-refractivity contribution is 0.658. The highest BCUT2D eigenvalue weighted by Crippen LogP contribution is 2.33. The van der Waals surface area contributed by atoms with Gasteiger partial charge in [-0.1, -0.05) is 6.07 Å². The van der Waals surface area contributed by atoms with Gasteiger partial charge in [0.2, 0.25) is 0 Å². The maximum atomic E-state index is 9.09. The van der Waals surface area contributed by atoms with E-state index in [-0.39, 0.29) is 6.04 Å². The number of aryl methyl sites for hydroxylation is 2. The van der Waals surface area contributed by atoms with E-state index < -0.39 is 0 Å². The first-order valence-electron chi connectivity index (χ1n) is 8.26. The smallest absolute Gasteiger partial charge is 0.129 e. The molecule has 0 spiro atoms. The van der Waals surface area contributed by atoms with Gasteiger partial charge in [0, 0.05) is 17.1 Å². The minimum absolute atomic E-state index is 0.0585. The maximum absolute atomic E-state index is 9.09. The predicted octanol–water partition coefficient (Wildman–Crippen LogP) is 3.84. The fourth-order valence-electron chi connectivity index (χ4n) is 3.64. The van der Waals surface area contributed by atoms with Crippen LogP contribution in [0.15, 0.2) is 36.5 Å². The Morgan fingerprint density at radius 1 is 1.16 bits per heavy atom. The number of nitrogens with one attached hydrogen (secondary N) is 3. The number of imidazole rings is 1. The fourth-order valence-corrected chi connectivity index (χ4v) is 3.64. The first-order valence-corrected chi connectivity index (χ1v) is 8.26. The lowest BCUT2D eigenvalue weighted by Gasteiger charge is -2.19. The van der Waals surface area contributed by atoms with Gasteiger partial charge in [-0.05, 0) is 61.9 Å². The third-order valence-corrected chi connectivity index (χ3v) is 4.77. The van der Waals surface area contributed by atoms with Gasteiger partial charge in [0.15, 0.2) is 0 Å². The van der Waals surface area contributed by atoms with Crippen molar-refractivity contribution in [3.05, 3.63) is 64.6 Å².